The van der Waals surface area contributed by atoms with Crippen molar-refractivity contribution in [3.63, 3.8) is 0 Å². The van der Waals surface area contributed by atoms with Gasteiger partial charge in [0, 0.05) is 94.9 Å². The third-order valence-corrected chi connectivity index (χ3v) is 24.5. The minimum Gasteiger partial charge on any atom is -0.470 e. The predicted molar refractivity (Wildman–Crippen MR) is 489 cm³/mol. The molecule has 16 N–H and O–H groups in total. The molecule has 5 aliphatic heterocycles. The normalized spacial score (nSPS) is 16.2. The van der Waals surface area contributed by atoms with Crippen molar-refractivity contribution < 1.29 is 115 Å². The Labute approximate surface area is 786 Å². The van der Waals surface area contributed by atoms with Gasteiger partial charge in [-0.25, -0.2) is 47.5 Å². The maximum absolute atomic E-state index is 15.8. The minimum absolute atomic E-state index is 0.0135. The number of amides is 14. The number of nitrogens with one attached hydrogen (secondary N) is 10. The predicted octanol–water partition coefficient (Wildman–Crippen LogP) is 4.35. The molecular weight excluding hydrogens is 1800 g/mol. The molecule has 730 valence electrons. The van der Waals surface area contributed by atoms with Crippen molar-refractivity contribution in [1.82, 2.24) is 71.4 Å². The first kappa shape index (κ1) is 100. The first-order chi connectivity index (χ1) is 65.8. The van der Waals surface area contributed by atoms with Crippen LogP contribution in [-0.4, -0.2) is 199 Å². The average Bonchev–Trinajstić information content (AvgIpc) is 1.56. The number of urea groups is 2. The largest absolute Gasteiger partial charge is 0.470 e. The van der Waals surface area contributed by atoms with E-state index in [0.29, 0.717) is 68.6 Å². The smallest absolute Gasteiger partial charge is 0.410 e. The van der Waals surface area contributed by atoms with Crippen LogP contribution < -0.4 is 85.2 Å². The summed E-state index contributed by atoms with van der Waals surface area (Å²) in [5.41, 5.74) is 12.3. The Balaban J connectivity index is 0.585. The highest BCUT2D eigenvalue weighted by Crippen LogP contribution is 2.44. The highest BCUT2D eigenvalue weighted by molar-refractivity contribution is 6.13. The molecule has 14 amide bonds. The molecule has 6 atom stereocenters. The number of ether oxygens (including phenoxy) is 6. The van der Waals surface area contributed by atoms with E-state index < -0.39 is 180 Å². The summed E-state index contributed by atoms with van der Waals surface area (Å²) in [6.45, 7) is 9.33. The third-order valence-electron chi connectivity index (χ3n) is 24.5. The quantitative estimate of drug-likeness (QED) is 0.00832. The number of carbonyl (C=O) groups is 14. The Bertz CT molecular complexity index is 5990. The standard InChI is InChI=1S/C94H106F2N18O24/c1-9-53-55-31-71(63(95)35-67(55)105-79-57(53)37-113-69(79)33-61-59(85(113)123)43-133-87(125)93(61,131)11-3)137-45-101-91(129)135-41-49-17-21-51(22-18-49)103-81(119)65(15-13-27-99-89(97)127)107-83(121)77(47(5)6)109-73(115)39-111(29-30-112-75(117)25-26-76(112)118)40-74(116)110-78(48(7)8)84(122)108-66(16-14-28-100-90(98)128)82(120)104-52-23-19-50(20-24-52)42-136-92(130)102-46-138-72-32-56-54(10-2)58-38-114-70(80(58)106-68(56)36-64(72)96)34-62-60(86(114)124)44-134-88(126)94(62,132)12-4/h17-26,31-36,47-48,65-66,77-78,131-132H,9-16,27-30,37-46H2,1-8H3,(H,101,129)(H,102,130)(H,103,119)(H,104,120)(H,107,121)(H,108,122)(H,109,115)(H,110,116)(H3,97,99,127)(H3,98,100,128)/t65-,66-,77-,78-,93-,94-/m0/s1. The molecule has 138 heavy (non-hydrogen) atoms. The van der Waals surface area contributed by atoms with Crippen molar-refractivity contribution in [2.24, 2.45) is 23.3 Å². The highest BCUT2D eigenvalue weighted by atomic mass is 19.1. The zero-order valence-electron chi connectivity index (χ0n) is 76.7. The number of hydrogen-bond acceptors (Lipinski definition) is 27. The van der Waals surface area contributed by atoms with Crippen LogP contribution in [0.1, 0.15) is 150 Å². The number of cyclic esters (lactones) is 2. The summed E-state index contributed by atoms with van der Waals surface area (Å²) in [5.74, 6) is -11.4. The number of hydrogen-bond donors (Lipinski definition) is 14. The van der Waals surface area contributed by atoms with Crippen LogP contribution in [0.25, 0.3) is 44.6 Å². The number of nitrogens with zero attached hydrogens (tertiary/aromatic N) is 6. The number of halogens is 2. The van der Waals surface area contributed by atoms with Crippen molar-refractivity contribution in [3.8, 4) is 34.3 Å². The van der Waals surface area contributed by atoms with Gasteiger partial charge in [0.1, 0.15) is 50.6 Å². The summed E-state index contributed by atoms with van der Waals surface area (Å²) >= 11 is 0. The average molecular weight is 1910 g/mol. The summed E-state index contributed by atoms with van der Waals surface area (Å²) in [6, 6.07) is 13.3. The summed E-state index contributed by atoms with van der Waals surface area (Å²) < 4.78 is 67.0. The van der Waals surface area contributed by atoms with Crippen LogP contribution in [0.5, 0.6) is 11.5 Å². The SMILES string of the molecule is CCc1c2c(nc3cc(F)c(OCNC(=O)OCc4ccc(NC(=O)[C@H](CCCNC(N)=O)NC(=O)[C@@H](NC(=O)CN(CCN5C(=O)C=CC5=O)CC(=O)N[C@H](C(=O)N[C@@H](CCCNC(N)=O)C(=O)Nc5ccc(COC(=O)NCOc6cc7c(CC)c8c(nc7cc6F)-c6cc7c(c(=O)n6C8)COC(=O)[C@]7(O)CC)cc5)C(C)C)C(C)C)cc4)cc13)-c1cc3c(c(=O)n1C2)COC(=O)[C@]3(O)CC. The van der Waals surface area contributed by atoms with E-state index >= 15 is 8.78 Å². The summed E-state index contributed by atoms with van der Waals surface area (Å²) in [6.07, 6.45) is 0.988. The number of aliphatic hydroxyl groups is 2. The van der Waals surface area contributed by atoms with Crippen LogP contribution in [0, 0.1) is 23.5 Å². The van der Waals surface area contributed by atoms with Gasteiger partial charge in [-0.1, -0.05) is 79.7 Å². The van der Waals surface area contributed by atoms with E-state index in [1.165, 1.54) is 74.7 Å². The van der Waals surface area contributed by atoms with Crippen LogP contribution >= 0.6 is 0 Å². The Morgan fingerprint density at radius 2 is 0.913 bits per heavy atom. The molecule has 44 heteroatoms. The third kappa shape index (κ3) is 22.2. The number of fused-ring (bicyclic) bond motifs is 10. The van der Waals surface area contributed by atoms with E-state index in [2.05, 4.69) is 53.2 Å². The number of benzene rings is 4. The molecule has 4 aromatic carbocycles. The van der Waals surface area contributed by atoms with Gasteiger partial charge in [0.2, 0.25) is 35.4 Å². The van der Waals surface area contributed by atoms with E-state index in [9.17, 15) is 86.9 Å². The molecule has 13 rings (SSSR count). The number of aromatic nitrogens is 4. The first-order valence-electron chi connectivity index (χ1n) is 44.9. The van der Waals surface area contributed by atoms with Gasteiger partial charge in [0.05, 0.1) is 71.1 Å². The molecule has 5 aliphatic rings. The summed E-state index contributed by atoms with van der Waals surface area (Å²) in [4.78, 5) is 225. The van der Waals surface area contributed by atoms with Crippen LogP contribution in [0.3, 0.4) is 0 Å². The molecule has 8 aromatic rings. The van der Waals surface area contributed by atoms with Crippen molar-refractivity contribution >= 4 is 117 Å². The molecule has 0 unspecified atom stereocenters. The number of pyridine rings is 4. The highest BCUT2D eigenvalue weighted by Gasteiger charge is 2.48. The van der Waals surface area contributed by atoms with Crippen molar-refractivity contribution in [2.75, 3.05) is 63.4 Å². The van der Waals surface area contributed by atoms with Gasteiger partial charge in [0.25, 0.3) is 22.9 Å². The molecular formula is C94H106F2N18O24. The number of alkyl carbamates (subject to hydrolysis) is 2. The maximum Gasteiger partial charge on any atom is 0.410 e. The molecule has 0 spiro atoms. The van der Waals surface area contributed by atoms with Crippen molar-refractivity contribution in [3.05, 3.63) is 185 Å². The topological polar surface area (TPSA) is 583 Å². The number of esters is 2. The number of imide groups is 1. The van der Waals surface area contributed by atoms with E-state index in [1.807, 2.05) is 13.8 Å². The zero-order valence-corrected chi connectivity index (χ0v) is 76.7. The number of carbonyl (C=O) groups excluding carboxylic acids is 14. The van der Waals surface area contributed by atoms with E-state index in [1.54, 1.807) is 53.7 Å². The molecule has 4 aromatic heterocycles. The van der Waals surface area contributed by atoms with Crippen molar-refractivity contribution in [1.29, 1.82) is 0 Å². The van der Waals surface area contributed by atoms with Gasteiger partial charge in [-0.05, 0) is 134 Å². The first-order valence-corrected chi connectivity index (χ1v) is 44.9. The lowest BCUT2D eigenvalue weighted by atomic mass is 9.86. The van der Waals surface area contributed by atoms with Gasteiger partial charge in [0.15, 0.2) is 47.8 Å². The van der Waals surface area contributed by atoms with Crippen LogP contribution in [0.15, 0.2) is 107 Å². The minimum atomic E-state index is -2.04. The second-order valence-corrected chi connectivity index (χ2v) is 34.2. The summed E-state index contributed by atoms with van der Waals surface area (Å²) in [5, 5.41) is 49.5. The number of aryl methyl sites for hydroxylation is 2. The fourth-order valence-electron chi connectivity index (χ4n) is 17.0. The monoisotopic (exact) mass is 1910 g/mol. The number of nitrogens with two attached hydrogens (primary N) is 2. The molecule has 0 saturated heterocycles. The van der Waals surface area contributed by atoms with Crippen LogP contribution in [0.2, 0.25) is 0 Å². The fraction of sp³-hybridized carbons (Fsp3) is 0.404. The Morgan fingerprint density at radius 1 is 0.522 bits per heavy atom. The lowest BCUT2D eigenvalue weighted by Gasteiger charge is -2.31. The molecule has 0 saturated carbocycles. The van der Waals surface area contributed by atoms with Gasteiger partial charge >= 0.3 is 36.2 Å². The number of anilines is 2. The van der Waals surface area contributed by atoms with Gasteiger partial charge in [-0.15, -0.1) is 0 Å². The summed E-state index contributed by atoms with van der Waals surface area (Å²) in [7, 11) is 0. The maximum atomic E-state index is 15.8. The molecule has 0 bridgehead atoms. The Morgan fingerprint density at radius 3 is 1.28 bits per heavy atom. The lowest BCUT2D eigenvalue weighted by Crippen LogP contribution is -2.57. The Hall–Kier alpha value is -15.3. The fourth-order valence-corrected chi connectivity index (χ4v) is 17.0. The van der Waals surface area contributed by atoms with E-state index in [-0.39, 0.29) is 160 Å². The molecule has 0 radical (unpaired) electrons. The number of rotatable bonds is 41. The van der Waals surface area contributed by atoms with Crippen LogP contribution in [0.4, 0.5) is 39.3 Å². The van der Waals surface area contributed by atoms with Crippen molar-refractivity contribution in [2.45, 2.75) is 182 Å². The molecule has 0 aliphatic carbocycles. The second kappa shape index (κ2) is 43.1. The van der Waals surface area contributed by atoms with E-state index in [4.69, 9.17) is 49.9 Å². The lowest BCUT2D eigenvalue weighted by molar-refractivity contribution is -0.172. The van der Waals surface area contributed by atoms with Gasteiger partial charge < -0.3 is 102 Å². The van der Waals surface area contributed by atoms with Gasteiger partial charge in [-0.3, -0.25) is 68.4 Å². The molecule has 0 fully saturated rings. The van der Waals surface area contributed by atoms with Crippen LogP contribution in [-0.2, 0) is 130 Å². The van der Waals surface area contributed by atoms with E-state index in [0.717, 1.165) is 40.3 Å². The Kier molecular flexibility index (Phi) is 31.3. The molecule has 42 nitrogen and oxygen atoms in total. The molecule has 9 heterocycles. The zero-order chi connectivity index (χ0) is 99.5. The second-order valence-electron chi connectivity index (χ2n) is 34.2. The van der Waals surface area contributed by atoms with Gasteiger partial charge in [-0.2, -0.15) is 0 Å². The number of primary amides is 2.